The van der Waals surface area contributed by atoms with Crippen molar-refractivity contribution in [1.82, 2.24) is 4.98 Å². The van der Waals surface area contributed by atoms with Gasteiger partial charge < -0.3 is 10.2 Å². The molecule has 0 saturated heterocycles. The molecule has 92 valence electrons. The molecule has 2 N–H and O–H groups in total. The van der Waals surface area contributed by atoms with E-state index in [-0.39, 0.29) is 0 Å². The zero-order chi connectivity index (χ0) is 12.3. The van der Waals surface area contributed by atoms with E-state index in [1.165, 1.54) is 0 Å². The van der Waals surface area contributed by atoms with Crippen LogP contribution in [0.4, 0.5) is 5.69 Å². The number of fused-ring (bicyclic) bond motifs is 1. The molecule has 5 heteroatoms. The quantitative estimate of drug-likeness (QED) is 0.830. The van der Waals surface area contributed by atoms with Crippen molar-refractivity contribution in [2.75, 3.05) is 11.5 Å². The van der Waals surface area contributed by atoms with Crippen molar-refractivity contribution < 1.29 is 8.63 Å². The van der Waals surface area contributed by atoms with Crippen LogP contribution in [-0.2, 0) is 16.6 Å². The number of rotatable bonds is 5. The van der Waals surface area contributed by atoms with Crippen LogP contribution in [0.5, 0.6) is 0 Å². The summed E-state index contributed by atoms with van der Waals surface area (Å²) in [5.41, 5.74) is 7.70. The first kappa shape index (κ1) is 12.1. The van der Waals surface area contributed by atoms with E-state index in [4.69, 9.17) is 10.2 Å². The molecule has 1 aromatic carbocycles. The molecule has 1 heterocycles. The lowest BCUT2D eigenvalue weighted by Gasteiger charge is -1.96. The van der Waals surface area contributed by atoms with Crippen LogP contribution < -0.4 is 5.73 Å². The van der Waals surface area contributed by atoms with Gasteiger partial charge in [0.1, 0.15) is 11.3 Å². The molecule has 0 amide bonds. The van der Waals surface area contributed by atoms with Gasteiger partial charge in [-0.25, -0.2) is 4.98 Å². The van der Waals surface area contributed by atoms with Crippen LogP contribution in [0.25, 0.3) is 11.1 Å². The number of para-hydroxylation sites is 1. The Morgan fingerprint density at radius 2 is 2.29 bits per heavy atom. The third kappa shape index (κ3) is 2.85. The third-order valence-electron chi connectivity index (χ3n) is 2.50. The van der Waals surface area contributed by atoms with Gasteiger partial charge in [-0.15, -0.1) is 0 Å². The number of nitrogens with two attached hydrogens (primary N) is 1. The summed E-state index contributed by atoms with van der Waals surface area (Å²) in [5.74, 6) is 1.58. The van der Waals surface area contributed by atoms with Gasteiger partial charge in [0.15, 0.2) is 5.58 Å². The number of oxazole rings is 1. The monoisotopic (exact) mass is 252 g/mol. The maximum absolute atomic E-state index is 11.7. The van der Waals surface area contributed by atoms with Crippen molar-refractivity contribution >= 4 is 27.6 Å². The van der Waals surface area contributed by atoms with Crippen molar-refractivity contribution in [2.45, 2.75) is 25.5 Å². The fourth-order valence-electron chi connectivity index (χ4n) is 1.59. The zero-order valence-corrected chi connectivity index (χ0v) is 10.6. The Morgan fingerprint density at radius 3 is 3.00 bits per heavy atom. The molecule has 1 atom stereocenters. The molecule has 1 unspecified atom stereocenters. The highest BCUT2D eigenvalue weighted by molar-refractivity contribution is 7.84. The molecular formula is C12H16N2O2S. The van der Waals surface area contributed by atoms with Crippen LogP contribution >= 0.6 is 0 Å². The topological polar surface area (TPSA) is 69.1 Å². The number of nitrogens with zero attached hydrogens (tertiary/aromatic N) is 1. The predicted molar refractivity (Wildman–Crippen MR) is 70.0 cm³/mol. The predicted octanol–water partition coefficient (Wildman–Crippen LogP) is 2.46. The Hall–Kier alpha value is -1.36. The number of nitrogen functional groups attached to an aromatic ring is 1. The second kappa shape index (κ2) is 5.31. The molecular weight excluding hydrogens is 236 g/mol. The number of benzene rings is 1. The van der Waals surface area contributed by atoms with Crippen LogP contribution in [0.1, 0.15) is 25.7 Å². The Labute approximate surface area is 103 Å². The van der Waals surface area contributed by atoms with E-state index in [0.717, 1.165) is 12.8 Å². The lowest BCUT2D eigenvalue weighted by atomic mass is 10.3. The van der Waals surface area contributed by atoms with Gasteiger partial charge in [-0.05, 0) is 18.6 Å². The summed E-state index contributed by atoms with van der Waals surface area (Å²) < 4.78 is 17.2. The smallest absolute Gasteiger partial charge is 0.208 e. The van der Waals surface area contributed by atoms with Gasteiger partial charge >= 0.3 is 0 Å². The first-order valence-corrected chi connectivity index (χ1v) is 7.18. The Balaban J connectivity index is 2.14. The van der Waals surface area contributed by atoms with Gasteiger partial charge in [0.05, 0.1) is 5.69 Å². The van der Waals surface area contributed by atoms with Crippen LogP contribution in [0.3, 0.4) is 0 Å². The van der Waals surface area contributed by atoms with E-state index in [9.17, 15) is 4.21 Å². The molecule has 2 aromatic rings. The summed E-state index contributed by atoms with van der Waals surface area (Å²) in [5, 5.41) is 0. The van der Waals surface area contributed by atoms with Crippen molar-refractivity contribution in [3.63, 3.8) is 0 Å². The van der Waals surface area contributed by atoms with E-state index < -0.39 is 10.8 Å². The molecule has 0 radical (unpaired) electrons. The van der Waals surface area contributed by atoms with E-state index in [1.54, 1.807) is 6.07 Å². The molecule has 0 aliphatic heterocycles. The number of unbranched alkanes of at least 4 members (excludes halogenated alkanes) is 1. The molecule has 2 rings (SSSR count). The average Bonchev–Trinajstić information content (AvgIpc) is 2.70. The average molecular weight is 252 g/mol. The van der Waals surface area contributed by atoms with Gasteiger partial charge in [-0.1, -0.05) is 19.4 Å². The van der Waals surface area contributed by atoms with Gasteiger partial charge in [0, 0.05) is 16.6 Å². The van der Waals surface area contributed by atoms with Crippen molar-refractivity contribution in [3.8, 4) is 0 Å². The minimum absolute atomic E-state index is 0.369. The Kier molecular flexibility index (Phi) is 3.78. The number of anilines is 1. The molecule has 4 nitrogen and oxygen atoms in total. The van der Waals surface area contributed by atoms with E-state index in [1.807, 2.05) is 12.1 Å². The van der Waals surface area contributed by atoms with Crippen molar-refractivity contribution in [3.05, 3.63) is 24.1 Å². The van der Waals surface area contributed by atoms with Gasteiger partial charge in [0.25, 0.3) is 0 Å². The highest BCUT2D eigenvalue weighted by Gasteiger charge is 2.10. The number of hydrogen-bond acceptors (Lipinski definition) is 4. The lowest BCUT2D eigenvalue weighted by molar-refractivity contribution is 0.552. The van der Waals surface area contributed by atoms with Crippen molar-refractivity contribution in [1.29, 1.82) is 0 Å². The molecule has 0 spiro atoms. The van der Waals surface area contributed by atoms with Crippen molar-refractivity contribution in [2.24, 2.45) is 0 Å². The minimum atomic E-state index is -0.901. The normalized spacial score (nSPS) is 13.0. The Bertz CT molecular complexity index is 536. The standard InChI is InChI=1S/C12H16N2O2S/c1-2-3-7-17(15)8-11-14-12-9(13)5-4-6-10(12)16-11/h4-6H,2-3,7-8,13H2,1H3. The van der Waals surface area contributed by atoms with Gasteiger partial charge in [0.2, 0.25) is 5.89 Å². The zero-order valence-electron chi connectivity index (χ0n) is 9.81. The number of hydrogen-bond donors (Lipinski definition) is 1. The molecule has 0 bridgehead atoms. The highest BCUT2D eigenvalue weighted by Crippen LogP contribution is 2.21. The first-order chi connectivity index (χ1) is 8.20. The van der Waals surface area contributed by atoms with E-state index in [0.29, 0.717) is 34.2 Å². The fourth-order valence-corrected chi connectivity index (χ4v) is 2.75. The third-order valence-corrected chi connectivity index (χ3v) is 3.82. The maximum Gasteiger partial charge on any atom is 0.208 e. The van der Waals surface area contributed by atoms with Crippen LogP contribution in [-0.4, -0.2) is 14.9 Å². The fraction of sp³-hybridized carbons (Fsp3) is 0.417. The highest BCUT2D eigenvalue weighted by atomic mass is 32.2. The molecule has 0 aliphatic rings. The lowest BCUT2D eigenvalue weighted by Crippen LogP contribution is -2.00. The van der Waals surface area contributed by atoms with Crippen LogP contribution in [0.15, 0.2) is 22.6 Å². The van der Waals surface area contributed by atoms with Crippen LogP contribution in [0, 0.1) is 0 Å². The molecule has 1 aromatic heterocycles. The van der Waals surface area contributed by atoms with E-state index in [2.05, 4.69) is 11.9 Å². The van der Waals surface area contributed by atoms with Gasteiger partial charge in [-0.2, -0.15) is 0 Å². The molecule has 0 saturated carbocycles. The Morgan fingerprint density at radius 1 is 1.47 bits per heavy atom. The maximum atomic E-state index is 11.7. The summed E-state index contributed by atoms with van der Waals surface area (Å²) >= 11 is 0. The molecule has 0 fully saturated rings. The first-order valence-electron chi connectivity index (χ1n) is 5.69. The van der Waals surface area contributed by atoms with E-state index >= 15 is 0 Å². The SMILES string of the molecule is CCCCS(=O)Cc1nc2c(N)cccc2o1. The second-order valence-electron chi connectivity index (χ2n) is 3.94. The summed E-state index contributed by atoms with van der Waals surface area (Å²) in [7, 11) is -0.901. The van der Waals surface area contributed by atoms with Gasteiger partial charge in [-0.3, -0.25) is 4.21 Å². The summed E-state index contributed by atoms with van der Waals surface area (Å²) in [6.07, 6.45) is 2.02. The number of aromatic nitrogens is 1. The summed E-state index contributed by atoms with van der Waals surface area (Å²) in [6, 6.07) is 5.42. The summed E-state index contributed by atoms with van der Waals surface area (Å²) in [6.45, 7) is 2.08. The van der Waals surface area contributed by atoms with Crippen LogP contribution in [0.2, 0.25) is 0 Å². The largest absolute Gasteiger partial charge is 0.440 e. The minimum Gasteiger partial charge on any atom is -0.440 e. The second-order valence-corrected chi connectivity index (χ2v) is 5.52. The summed E-state index contributed by atoms with van der Waals surface area (Å²) in [4.78, 5) is 4.28. The molecule has 17 heavy (non-hydrogen) atoms. The molecule has 0 aliphatic carbocycles.